The fraction of sp³-hybridized carbons (Fsp3) is 0.435. The van der Waals surface area contributed by atoms with E-state index in [0.29, 0.717) is 0 Å². The van der Waals surface area contributed by atoms with E-state index in [9.17, 15) is 14.4 Å². The van der Waals surface area contributed by atoms with Crippen molar-refractivity contribution in [3.05, 3.63) is 48.0 Å². The van der Waals surface area contributed by atoms with Gasteiger partial charge in [-0.2, -0.15) is 0 Å². The molecule has 0 bridgehead atoms. The number of fused-ring (bicyclic) bond motifs is 1. The van der Waals surface area contributed by atoms with Crippen molar-refractivity contribution in [3.63, 3.8) is 0 Å². The van der Waals surface area contributed by atoms with E-state index in [-0.39, 0.29) is 30.8 Å². The second kappa shape index (κ2) is 9.54. The van der Waals surface area contributed by atoms with Gasteiger partial charge in [-0.15, -0.1) is 0 Å². The van der Waals surface area contributed by atoms with E-state index in [4.69, 9.17) is 4.74 Å². The molecule has 0 aliphatic rings. The van der Waals surface area contributed by atoms with Gasteiger partial charge >= 0.3 is 5.97 Å². The van der Waals surface area contributed by atoms with E-state index in [1.165, 1.54) is 0 Å². The minimum absolute atomic E-state index is 0.155. The molecule has 0 saturated heterocycles. The van der Waals surface area contributed by atoms with Gasteiger partial charge < -0.3 is 15.4 Å². The Morgan fingerprint density at radius 3 is 2.28 bits per heavy atom. The zero-order chi connectivity index (χ0) is 21.6. The number of nitrogens with one attached hydrogen (secondary N) is 2. The topological polar surface area (TPSA) is 84.5 Å². The average Bonchev–Trinajstić information content (AvgIpc) is 2.63. The Hall–Kier alpha value is -2.89. The molecule has 156 valence electrons. The number of hydrogen-bond donors (Lipinski definition) is 2. The first-order chi connectivity index (χ1) is 13.6. The number of carbonyl (C=O) groups is 3. The molecule has 29 heavy (non-hydrogen) atoms. The van der Waals surface area contributed by atoms with Crippen molar-refractivity contribution in [2.24, 2.45) is 5.92 Å². The Balaban J connectivity index is 1.99. The van der Waals surface area contributed by atoms with Gasteiger partial charge in [-0.3, -0.25) is 9.59 Å². The van der Waals surface area contributed by atoms with Gasteiger partial charge in [-0.25, -0.2) is 4.79 Å². The highest BCUT2D eigenvalue weighted by Gasteiger charge is 2.27. The summed E-state index contributed by atoms with van der Waals surface area (Å²) < 4.78 is 5.13. The van der Waals surface area contributed by atoms with Crippen molar-refractivity contribution in [2.75, 3.05) is 6.61 Å². The summed E-state index contributed by atoms with van der Waals surface area (Å²) >= 11 is 0. The number of rotatable bonds is 7. The first-order valence-corrected chi connectivity index (χ1v) is 9.80. The number of carbonyl (C=O) groups excluding carboxylic acids is 3. The van der Waals surface area contributed by atoms with Gasteiger partial charge in [0.05, 0.1) is 6.42 Å². The summed E-state index contributed by atoms with van der Waals surface area (Å²) in [6.45, 7) is 8.79. The Morgan fingerprint density at radius 1 is 0.966 bits per heavy atom. The van der Waals surface area contributed by atoms with Crippen LogP contribution >= 0.6 is 0 Å². The average molecular weight is 399 g/mol. The molecule has 1 atom stereocenters. The van der Waals surface area contributed by atoms with Crippen molar-refractivity contribution in [3.8, 4) is 0 Å². The van der Waals surface area contributed by atoms with E-state index in [1.807, 2.05) is 77.1 Å². The van der Waals surface area contributed by atoms with Crippen molar-refractivity contribution in [2.45, 2.75) is 52.6 Å². The normalized spacial score (nSPS) is 12.5. The highest BCUT2D eigenvalue weighted by molar-refractivity contribution is 5.92. The minimum Gasteiger partial charge on any atom is -0.454 e. The van der Waals surface area contributed by atoms with Gasteiger partial charge in [-0.1, -0.05) is 56.3 Å². The van der Waals surface area contributed by atoms with Crippen LogP contribution in [0.15, 0.2) is 42.5 Å². The van der Waals surface area contributed by atoms with Crippen LogP contribution in [-0.2, 0) is 25.5 Å². The molecule has 0 aromatic heterocycles. The molecule has 0 unspecified atom stereocenters. The minimum atomic E-state index is -0.820. The molecule has 0 saturated carbocycles. The van der Waals surface area contributed by atoms with Gasteiger partial charge in [0.1, 0.15) is 6.04 Å². The maximum atomic E-state index is 12.6. The number of ether oxygens (including phenoxy) is 1. The molecule has 0 heterocycles. The monoisotopic (exact) mass is 398 g/mol. The molecule has 2 rings (SSSR count). The number of benzene rings is 2. The maximum absolute atomic E-state index is 12.6. The SMILES string of the molecule is CC(C)[C@H](NC(=O)Cc1cccc2ccccc12)C(=O)OCC(=O)NC(C)(C)C. The molecule has 2 aromatic rings. The van der Waals surface area contributed by atoms with Gasteiger partial charge in [0.25, 0.3) is 5.91 Å². The van der Waals surface area contributed by atoms with Crippen LogP contribution in [0.2, 0.25) is 0 Å². The van der Waals surface area contributed by atoms with Crippen molar-refractivity contribution in [1.82, 2.24) is 10.6 Å². The summed E-state index contributed by atoms with van der Waals surface area (Å²) in [6.07, 6.45) is 0.155. The van der Waals surface area contributed by atoms with Gasteiger partial charge in [0.2, 0.25) is 5.91 Å². The predicted molar refractivity (Wildman–Crippen MR) is 113 cm³/mol. The molecule has 0 aliphatic heterocycles. The van der Waals surface area contributed by atoms with Crippen molar-refractivity contribution in [1.29, 1.82) is 0 Å². The largest absolute Gasteiger partial charge is 0.454 e. The third-order valence-electron chi connectivity index (χ3n) is 4.33. The molecule has 0 fully saturated rings. The third kappa shape index (κ3) is 6.89. The van der Waals surface area contributed by atoms with Gasteiger partial charge in [0.15, 0.2) is 6.61 Å². The molecular weight excluding hydrogens is 368 g/mol. The summed E-state index contributed by atoms with van der Waals surface area (Å²) in [5, 5.41) is 7.55. The lowest BCUT2D eigenvalue weighted by atomic mass is 10.0. The first-order valence-electron chi connectivity index (χ1n) is 9.80. The van der Waals surface area contributed by atoms with E-state index < -0.39 is 17.6 Å². The van der Waals surface area contributed by atoms with Crippen LogP contribution in [0.1, 0.15) is 40.2 Å². The fourth-order valence-electron chi connectivity index (χ4n) is 3.02. The Kier molecular flexibility index (Phi) is 7.37. The fourth-order valence-corrected chi connectivity index (χ4v) is 3.02. The van der Waals surface area contributed by atoms with Crippen LogP contribution in [0.5, 0.6) is 0 Å². The van der Waals surface area contributed by atoms with Crippen molar-refractivity contribution >= 4 is 28.6 Å². The lowest BCUT2D eigenvalue weighted by Crippen LogP contribution is -2.47. The Morgan fingerprint density at radius 2 is 1.62 bits per heavy atom. The van der Waals surface area contributed by atoms with Crippen LogP contribution in [0.3, 0.4) is 0 Å². The molecule has 6 nitrogen and oxygen atoms in total. The summed E-state index contributed by atoms with van der Waals surface area (Å²) in [5.41, 5.74) is 0.481. The van der Waals surface area contributed by atoms with E-state index >= 15 is 0 Å². The zero-order valence-electron chi connectivity index (χ0n) is 17.7. The highest BCUT2D eigenvalue weighted by Crippen LogP contribution is 2.19. The Labute approximate surface area is 172 Å². The number of esters is 1. The van der Waals surface area contributed by atoms with Crippen LogP contribution in [0.25, 0.3) is 10.8 Å². The lowest BCUT2D eigenvalue weighted by Gasteiger charge is -2.23. The molecular formula is C23H30N2O4. The maximum Gasteiger partial charge on any atom is 0.329 e. The van der Waals surface area contributed by atoms with Crippen LogP contribution in [-0.4, -0.2) is 36.0 Å². The molecule has 2 amide bonds. The Bertz CT molecular complexity index is 879. The predicted octanol–water partition coefficient (Wildman–Crippen LogP) is 2.98. The third-order valence-corrected chi connectivity index (χ3v) is 4.33. The second-order valence-corrected chi connectivity index (χ2v) is 8.51. The second-order valence-electron chi connectivity index (χ2n) is 8.51. The van der Waals surface area contributed by atoms with Gasteiger partial charge in [-0.05, 0) is 43.0 Å². The van der Waals surface area contributed by atoms with Crippen LogP contribution in [0.4, 0.5) is 0 Å². The standard InChI is InChI=1S/C23H30N2O4/c1-15(2)21(22(28)29-14-20(27)25-23(3,4)5)24-19(26)13-17-11-8-10-16-9-6-7-12-18(16)17/h6-12,15,21H,13-14H2,1-5H3,(H,24,26)(H,25,27)/t21-/m0/s1. The summed E-state index contributed by atoms with van der Waals surface area (Å²) in [7, 11) is 0. The summed E-state index contributed by atoms with van der Waals surface area (Å²) in [5.74, 6) is -1.44. The number of hydrogen-bond acceptors (Lipinski definition) is 4. The van der Waals surface area contributed by atoms with Gasteiger partial charge in [0, 0.05) is 5.54 Å². The van der Waals surface area contributed by atoms with Crippen molar-refractivity contribution < 1.29 is 19.1 Å². The molecule has 2 aromatic carbocycles. The van der Waals surface area contributed by atoms with E-state index in [0.717, 1.165) is 16.3 Å². The molecule has 0 aliphatic carbocycles. The summed E-state index contributed by atoms with van der Waals surface area (Å²) in [4.78, 5) is 36.9. The highest BCUT2D eigenvalue weighted by atomic mass is 16.5. The lowest BCUT2D eigenvalue weighted by molar-refractivity contribution is -0.153. The quantitative estimate of drug-likeness (QED) is 0.702. The molecule has 0 spiro atoms. The first kappa shape index (κ1) is 22.4. The zero-order valence-corrected chi connectivity index (χ0v) is 17.7. The molecule has 6 heteroatoms. The molecule has 0 radical (unpaired) electrons. The smallest absolute Gasteiger partial charge is 0.329 e. The van der Waals surface area contributed by atoms with Crippen LogP contribution in [0, 0.1) is 5.92 Å². The van der Waals surface area contributed by atoms with E-state index in [1.54, 1.807) is 0 Å². The number of amides is 2. The summed E-state index contributed by atoms with van der Waals surface area (Å²) in [6, 6.07) is 12.8. The van der Waals surface area contributed by atoms with Crippen LogP contribution < -0.4 is 10.6 Å². The van der Waals surface area contributed by atoms with E-state index in [2.05, 4.69) is 10.6 Å². The molecule has 2 N–H and O–H groups in total.